The van der Waals surface area contributed by atoms with Gasteiger partial charge in [-0.3, -0.25) is 13.9 Å². The lowest BCUT2D eigenvalue weighted by Gasteiger charge is -2.09. The molecule has 0 aliphatic heterocycles. The van der Waals surface area contributed by atoms with Gasteiger partial charge >= 0.3 is 5.69 Å². The van der Waals surface area contributed by atoms with Gasteiger partial charge in [-0.2, -0.15) is 0 Å². The smallest absolute Gasteiger partial charge is 0.333 e. The fraction of sp³-hybridized carbons (Fsp3) is 0.333. The number of benzene rings is 1. The summed E-state index contributed by atoms with van der Waals surface area (Å²) in [6.07, 6.45) is 4.21. The van der Waals surface area contributed by atoms with Crippen LogP contribution in [-0.2, 0) is 19.6 Å². The number of hydrogen-bond donors (Lipinski definition) is 3. The van der Waals surface area contributed by atoms with Crippen molar-refractivity contribution >= 4 is 17.0 Å². The van der Waals surface area contributed by atoms with Gasteiger partial charge in [-0.15, -0.1) is 0 Å². The SMILES string of the molecule is CCCn1c(=O)n(C2CC2)c(=O)c2[nH]c(-c3ccc(NCc4ccc(CN)cc4)nc3)nc21. The lowest BCUT2D eigenvalue weighted by molar-refractivity contribution is 0.571. The van der Waals surface area contributed by atoms with Gasteiger partial charge in [0.1, 0.15) is 17.2 Å². The second-order valence-electron chi connectivity index (χ2n) is 8.43. The lowest BCUT2D eigenvalue weighted by atomic mass is 10.1. The molecule has 3 heterocycles. The van der Waals surface area contributed by atoms with Gasteiger partial charge in [-0.25, -0.2) is 14.8 Å². The van der Waals surface area contributed by atoms with E-state index in [0.717, 1.165) is 41.8 Å². The molecule has 0 unspecified atom stereocenters. The molecule has 33 heavy (non-hydrogen) atoms. The molecule has 1 aromatic carbocycles. The zero-order valence-corrected chi connectivity index (χ0v) is 18.5. The van der Waals surface area contributed by atoms with Gasteiger partial charge in [0.05, 0.1) is 0 Å². The largest absolute Gasteiger partial charge is 0.366 e. The van der Waals surface area contributed by atoms with Gasteiger partial charge in [-0.05, 0) is 42.5 Å². The molecule has 1 aliphatic rings. The van der Waals surface area contributed by atoms with Crippen molar-refractivity contribution in [2.75, 3.05) is 5.32 Å². The summed E-state index contributed by atoms with van der Waals surface area (Å²) in [6, 6.07) is 11.9. The van der Waals surface area contributed by atoms with E-state index in [1.165, 1.54) is 4.57 Å². The molecule has 0 amide bonds. The molecule has 9 heteroatoms. The quantitative estimate of drug-likeness (QED) is 0.383. The Hall–Kier alpha value is -3.72. The summed E-state index contributed by atoms with van der Waals surface area (Å²) in [4.78, 5) is 38.2. The van der Waals surface area contributed by atoms with E-state index in [2.05, 4.69) is 20.3 Å². The Kier molecular flexibility index (Phi) is 5.55. The molecule has 9 nitrogen and oxygen atoms in total. The first kappa shape index (κ1) is 21.1. The van der Waals surface area contributed by atoms with Crippen molar-refractivity contribution in [3.63, 3.8) is 0 Å². The summed E-state index contributed by atoms with van der Waals surface area (Å²) in [5.41, 5.74) is 8.83. The number of nitrogens with two attached hydrogens (primary N) is 1. The molecule has 0 spiro atoms. The number of hydrogen-bond acceptors (Lipinski definition) is 6. The zero-order chi connectivity index (χ0) is 22.9. The molecular weight excluding hydrogens is 418 g/mol. The van der Waals surface area contributed by atoms with Gasteiger partial charge < -0.3 is 16.0 Å². The molecule has 1 aliphatic carbocycles. The third kappa shape index (κ3) is 4.07. The number of fused-ring (bicyclic) bond motifs is 1. The maximum atomic E-state index is 13.0. The Morgan fingerprint density at radius 2 is 1.88 bits per heavy atom. The second kappa shape index (κ2) is 8.67. The molecule has 0 saturated heterocycles. The Balaban J connectivity index is 1.42. The van der Waals surface area contributed by atoms with Gasteiger partial charge in [0, 0.05) is 37.4 Å². The molecule has 170 valence electrons. The molecule has 0 radical (unpaired) electrons. The van der Waals surface area contributed by atoms with Crippen molar-refractivity contribution in [2.24, 2.45) is 5.73 Å². The fourth-order valence-electron chi connectivity index (χ4n) is 3.98. The van der Waals surface area contributed by atoms with Crippen LogP contribution in [-0.4, -0.2) is 24.1 Å². The number of rotatable bonds is 8. The van der Waals surface area contributed by atoms with Crippen LogP contribution in [0.4, 0.5) is 5.82 Å². The number of aromatic nitrogens is 5. The maximum Gasteiger partial charge on any atom is 0.333 e. The average Bonchev–Trinajstić information content (AvgIpc) is 3.57. The number of imidazole rings is 1. The minimum Gasteiger partial charge on any atom is -0.366 e. The normalized spacial score (nSPS) is 13.5. The van der Waals surface area contributed by atoms with Crippen LogP contribution >= 0.6 is 0 Å². The standard InChI is InChI=1S/C24H27N7O2/c1-2-11-30-22-20(23(32)31(24(30)33)18-8-9-18)28-21(29-22)17-7-10-19(27-14-17)26-13-16-5-3-15(12-25)4-6-16/h3-7,10,14,18H,2,8-9,11-13,25H2,1H3,(H,26,27)(H,28,29). The highest BCUT2D eigenvalue weighted by Crippen LogP contribution is 2.32. The highest BCUT2D eigenvalue weighted by molar-refractivity contribution is 5.75. The third-order valence-corrected chi connectivity index (χ3v) is 5.94. The Bertz CT molecular complexity index is 1390. The zero-order valence-electron chi connectivity index (χ0n) is 18.5. The van der Waals surface area contributed by atoms with E-state index >= 15 is 0 Å². The first-order valence-corrected chi connectivity index (χ1v) is 11.3. The predicted molar refractivity (Wildman–Crippen MR) is 128 cm³/mol. The van der Waals surface area contributed by atoms with Crippen LogP contribution in [0.15, 0.2) is 52.2 Å². The molecule has 0 atom stereocenters. The predicted octanol–water partition coefficient (Wildman–Crippen LogP) is 2.76. The lowest BCUT2D eigenvalue weighted by Crippen LogP contribution is -2.39. The Morgan fingerprint density at radius 3 is 2.52 bits per heavy atom. The number of nitrogens with one attached hydrogen (secondary N) is 2. The second-order valence-corrected chi connectivity index (χ2v) is 8.43. The molecule has 5 rings (SSSR count). The van der Waals surface area contributed by atoms with Crippen LogP contribution in [0, 0.1) is 0 Å². The van der Waals surface area contributed by atoms with Crippen molar-refractivity contribution in [1.29, 1.82) is 0 Å². The van der Waals surface area contributed by atoms with Gasteiger partial charge in [0.2, 0.25) is 0 Å². The highest BCUT2D eigenvalue weighted by atomic mass is 16.2. The van der Waals surface area contributed by atoms with Gasteiger partial charge in [0.25, 0.3) is 5.56 Å². The van der Waals surface area contributed by atoms with Crippen LogP contribution in [0.25, 0.3) is 22.6 Å². The summed E-state index contributed by atoms with van der Waals surface area (Å²) >= 11 is 0. The van der Waals surface area contributed by atoms with E-state index in [-0.39, 0.29) is 17.3 Å². The van der Waals surface area contributed by atoms with Crippen molar-refractivity contribution < 1.29 is 0 Å². The number of pyridine rings is 1. The minimum absolute atomic E-state index is 0.00258. The summed E-state index contributed by atoms with van der Waals surface area (Å²) in [5, 5.41) is 3.30. The number of aryl methyl sites for hydroxylation is 1. The van der Waals surface area contributed by atoms with Crippen LogP contribution in [0.2, 0.25) is 0 Å². The van der Waals surface area contributed by atoms with Crippen LogP contribution in [0.1, 0.15) is 43.4 Å². The number of aromatic amines is 1. The third-order valence-electron chi connectivity index (χ3n) is 5.94. The van der Waals surface area contributed by atoms with E-state index in [0.29, 0.717) is 36.6 Å². The molecule has 3 aromatic heterocycles. The van der Waals surface area contributed by atoms with Crippen molar-refractivity contribution in [3.8, 4) is 11.4 Å². The molecule has 1 fully saturated rings. The van der Waals surface area contributed by atoms with Crippen molar-refractivity contribution in [3.05, 3.63) is 74.6 Å². The molecule has 1 saturated carbocycles. The van der Waals surface area contributed by atoms with E-state index in [9.17, 15) is 9.59 Å². The summed E-state index contributed by atoms with van der Waals surface area (Å²) in [5.74, 6) is 1.26. The molecule has 4 N–H and O–H groups in total. The summed E-state index contributed by atoms with van der Waals surface area (Å²) in [7, 11) is 0. The van der Waals surface area contributed by atoms with Gasteiger partial charge in [0.15, 0.2) is 5.65 Å². The van der Waals surface area contributed by atoms with Crippen LogP contribution < -0.4 is 22.3 Å². The first-order valence-electron chi connectivity index (χ1n) is 11.3. The van der Waals surface area contributed by atoms with Crippen molar-refractivity contribution in [2.45, 2.75) is 51.9 Å². The number of H-pyrrole nitrogens is 1. The van der Waals surface area contributed by atoms with E-state index < -0.39 is 0 Å². The average molecular weight is 446 g/mol. The Morgan fingerprint density at radius 1 is 1.12 bits per heavy atom. The minimum atomic E-state index is -0.296. The number of anilines is 1. The maximum absolute atomic E-state index is 13.0. The topological polar surface area (TPSA) is 124 Å². The molecular formula is C24H27N7O2. The monoisotopic (exact) mass is 445 g/mol. The molecule has 0 bridgehead atoms. The molecule has 4 aromatic rings. The Labute approximate surface area is 190 Å². The summed E-state index contributed by atoms with van der Waals surface area (Å²) in [6.45, 7) is 3.69. The van der Waals surface area contributed by atoms with E-state index in [1.807, 2.05) is 43.3 Å². The fourth-order valence-corrected chi connectivity index (χ4v) is 3.98. The van der Waals surface area contributed by atoms with E-state index in [1.54, 1.807) is 10.8 Å². The van der Waals surface area contributed by atoms with Crippen molar-refractivity contribution in [1.82, 2.24) is 24.1 Å². The first-order chi connectivity index (χ1) is 16.1. The van der Waals surface area contributed by atoms with Crippen LogP contribution in [0.5, 0.6) is 0 Å². The van der Waals surface area contributed by atoms with Crippen LogP contribution in [0.3, 0.4) is 0 Å². The summed E-state index contributed by atoms with van der Waals surface area (Å²) < 4.78 is 2.99. The number of nitrogens with zero attached hydrogens (tertiary/aromatic N) is 4. The highest BCUT2D eigenvalue weighted by Gasteiger charge is 2.29. The van der Waals surface area contributed by atoms with Gasteiger partial charge in [-0.1, -0.05) is 31.2 Å². The van der Waals surface area contributed by atoms with E-state index in [4.69, 9.17) is 5.73 Å².